The molecule has 0 saturated carbocycles. The Kier molecular flexibility index (Phi) is 4.58. The highest BCUT2D eigenvalue weighted by Crippen LogP contribution is 2.52. The first-order chi connectivity index (χ1) is 14.9. The van der Waals surface area contributed by atoms with E-state index >= 15 is 0 Å². The molecule has 2 amide bonds. The molecule has 4 heterocycles. The molecule has 9 heteroatoms. The van der Waals surface area contributed by atoms with Crippen LogP contribution in [0.1, 0.15) is 17.3 Å². The van der Waals surface area contributed by atoms with E-state index in [0.29, 0.717) is 24.8 Å². The Morgan fingerprint density at radius 3 is 3.00 bits per heavy atom. The normalized spacial score (nSPS) is 28.3. The summed E-state index contributed by atoms with van der Waals surface area (Å²) in [5, 5.41) is 3.86. The average molecular weight is 424 g/mol. The summed E-state index contributed by atoms with van der Waals surface area (Å²) in [6, 6.07) is 7.64. The van der Waals surface area contributed by atoms with Crippen molar-refractivity contribution in [1.82, 2.24) is 19.9 Å². The molecule has 162 valence electrons. The third-order valence-corrected chi connectivity index (χ3v) is 6.30. The second-order valence-corrected chi connectivity index (χ2v) is 8.37. The second kappa shape index (κ2) is 7.19. The van der Waals surface area contributed by atoms with Gasteiger partial charge in [-0.05, 0) is 17.7 Å². The van der Waals surface area contributed by atoms with Crippen LogP contribution in [0, 0.1) is 18.8 Å². The van der Waals surface area contributed by atoms with Crippen molar-refractivity contribution in [2.45, 2.75) is 31.7 Å². The Bertz CT molecular complexity index is 1070. The van der Waals surface area contributed by atoms with Crippen molar-refractivity contribution in [1.29, 1.82) is 0 Å². The van der Waals surface area contributed by atoms with E-state index < -0.39 is 23.5 Å². The molecule has 0 N–H and O–H groups in total. The Morgan fingerprint density at radius 1 is 1.42 bits per heavy atom. The predicted molar refractivity (Wildman–Crippen MR) is 108 cm³/mol. The molecule has 9 nitrogen and oxygen atoms in total. The molecule has 0 aliphatic carbocycles. The van der Waals surface area contributed by atoms with Gasteiger partial charge in [0, 0.05) is 20.5 Å². The van der Waals surface area contributed by atoms with Gasteiger partial charge in [0.1, 0.15) is 11.4 Å². The van der Waals surface area contributed by atoms with E-state index in [1.54, 1.807) is 30.9 Å². The van der Waals surface area contributed by atoms with Crippen LogP contribution >= 0.6 is 0 Å². The summed E-state index contributed by atoms with van der Waals surface area (Å²) in [7, 11) is 3.30. The summed E-state index contributed by atoms with van der Waals surface area (Å²) in [6.45, 7) is 2.78. The van der Waals surface area contributed by atoms with Gasteiger partial charge in [-0.2, -0.15) is 4.98 Å². The van der Waals surface area contributed by atoms with Crippen LogP contribution in [0.4, 0.5) is 0 Å². The summed E-state index contributed by atoms with van der Waals surface area (Å²) in [5.41, 5.74) is 0.222. The summed E-state index contributed by atoms with van der Waals surface area (Å²) in [6.07, 6.45) is 3.47. The van der Waals surface area contributed by atoms with Crippen LogP contribution in [-0.2, 0) is 27.4 Å². The lowest BCUT2D eigenvalue weighted by molar-refractivity contribution is -0.143. The van der Waals surface area contributed by atoms with Crippen molar-refractivity contribution < 1.29 is 23.6 Å². The summed E-state index contributed by atoms with van der Waals surface area (Å²) >= 11 is 0. The first kappa shape index (κ1) is 19.7. The second-order valence-electron chi connectivity index (χ2n) is 8.37. The van der Waals surface area contributed by atoms with E-state index in [1.165, 1.54) is 0 Å². The fourth-order valence-corrected chi connectivity index (χ4v) is 4.94. The van der Waals surface area contributed by atoms with E-state index in [1.807, 2.05) is 36.4 Å². The van der Waals surface area contributed by atoms with Gasteiger partial charge in [-0.15, -0.1) is 0 Å². The Balaban J connectivity index is 1.35. The highest BCUT2D eigenvalue weighted by Gasteiger charge is 2.67. The number of methoxy groups -OCH3 is 1. The number of amides is 2. The number of carbonyl (C=O) groups is 2. The fraction of sp³-hybridized carbons (Fsp3) is 0.455. The Labute approximate surface area is 179 Å². The molecule has 3 aliphatic heterocycles. The maximum absolute atomic E-state index is 13.4. The van der Waals surface area contributed by atoms with Crippen molar-refractivity contribution in [2.75, 3.05) is 20.7 Å². The van der Waals surface area contributed by atoms with Crippen LogP contribution < -0.4 is 4.74 Å². The average Bonchev–Trinajstić information content (AvgIpc) is 3.50. The van der Waals surface area contributed by atoms with Crippen LogP contribution in [0.3, 0.4) is 0 Å². The molecule has 0 unspecified atom stereocenters. The minimum atomic E-state index is -0.746. The number of ether oxygens (including phenoxy) is 2. The molecule has 2 saturated heterocycles. The lowest BCUT2D eigenvalue weighted by Gasteiger charge is -2.27. The molecule has 1 aromatic carbocycles. The van der Waals surface area contributed by atoms with Gasteiger partial charge in [-0.25, -0.2) is 0 Å². The number of carbonyl (C=O) groups excluding carboxylic acids is 2. The first-order valence-electron chi connectivity index (χ1n) is 10.2. The summed E-state index contributed by atoms with van der Waals surface area (Å²) < 4.78 is 16.5. The van der Waals surface area contributed by atoms with Gasteiger partial charge < -0.3 is 23.8 Å². The number of nitrogens with zero attached hydrogens (tertiary/aromatic N) is 4. The first-order valence-corrected chi connectivity index (χ1v) is 10.2. The zero-order chi connectivity index (χ0) is 21.8. The van der Waals surface area contributed by atoms with Gasteiger partial charge in [0.25, 0.3) is 0 Å². The lowest BCUT2D eigenvalue weighted by Crippen LogP contribution is -2.44. The SMILES string of the molecule is COc1cccc(CN2C[C@]34C=C[C@H](O3)[C@@H](C(=O)N(C)Cc3noc(C)n3)[C@H]4C2=O)c1. The van der Waals surface area contributed by atoms with Crippen molar-refractivity contribution in [3.05, 3.63) is 53.7 Å². The van der Waals surface area contributed by atoms with Crippen LogP contribution in [0.15, 0.2) is 40.9 Å². The van der Waals surface area contributed by atoms with E-state index in [2.05, 4.69) is 10.1 Å². The Hall–Kier alpha value is -3.20. The molecular formula is C22H24N4O5. The monoisotopic (exact) mass is 424 g/mol. The topological polar surface area (TPSA) is 98.0 Å². The minimum Gasteiger partial charge on any atom is -0.497 e. The zero-order valence-corrected chi connectivity index (χ0v) is 17.6. The zero-order valence-electron chi connectivity index (χ0n) is 17.6. The van der Waals surface area contributed by atoms with Gasteiger partial charge in [0.15, 0.2) is 5.82 Å². The quantitative estimate of drug-likeness (QED) is 0.645. The highest BCUT2D eigenvalue weighted by molar-refractivity contribution is 5.93. The Morgan fingerprint density at radius 2 is 2.26 bits per heavy atom. The summed E-state index contributed by atoms with van der Waals surface area (Å²) in [5.74, 6) is 0.309. The van der Waals surface area contributed by atoms with Gasteiger partial charge in [0.2, 0.25) is 17.7 Å². The largest absolute Gasteiger partial charge is 0.497 e. The fourth-order valence-electron chi connectivity index (χ4n) is 4.94. The highest BCUT2D eigenvalue weighted by atomic mass is 16.5. The number of aromatic nitrogens is 2. The van der Waals surface area contributed by atoms with Crippen molar-refractivity contribution in [3.63, 3.8) is 0 Å². The van der Waals surface area contributed by atoms with Crippen LogP contribution in [0.25, 0.3) is 0 Å². The molecule has 2 aromatic rings. The third-order valence-electron chi connectivity index (χ3n) is 6.30. The number of hydrogen-bond acceptors (Lipinski definition) is 7. The number of aryl methyl sites for hydroxylation is 1. The molecule has 4 atom stereocenters. The molecule has 2 bridgehead atoms. The van der Waals surface area contributed by atoms with E-state index in [4.69, 9.17) is 14.0 Å². The van der Waals surface area contributed by atoms with Crippen molar-refractivity contribution in [3.8, 4) is 5.75 Å². The van der Waals surface area contributed by atoms with Crippen LogP contribution in [-0.4, -0.2) is 64.2 Å². The molecule has 1 spiro atoms. The molecule has 5 rings (SSSR count). The lowest BCUT2D eigenvalue weighted by atomic mass is 9.76. The number of likely N-dealkylation sites (tertiary alicyclic amines) is 1. The standard InChI is InChI=1S/C22H24N4O5/c1-13-23-17(24-31-13)11-25(2)20(27)18-16-7-8-22(30-16)12-26(21(28)19(18)22)10-14-5-4-6-15(9-14)29-3/h4-9,16,18-19H,10-12H2,1-3H3/t16-,18+,19-,22-/m0/s1. The van der Waals surface area contributed by atoms with Crippen molar-refractivity contribution in [2.24, 2.45) is 11.8 Å². The maximum atomic E-state index is 13.4. The van der Waals surface area contributed by atoms with E-state index in [0.717, 1.165) is 11.3 Å². The third kappa shape index (κ3) is 3.20. The van der Waals surface area contributed by atoms with E-state index in [-0.39, 0.29) is 18.4 Å². The number of rotatable bonds is 6. The van der Waals surface area contributed by atoms with Gasteiger partial charge in [-0.3, -0.25) is 9.59 Å². The number of benzene rings is 1. The van der Waals surface area contributed by atoms with Gasteiger partial charge in [0.05, 0.1) is 38.1 Å². The predicted octanol–water partition coefficient (Wildman–Crippen LogP) is 1.33. The number of fused-ring (bicyclic) bond motifs is 1. The van der Waals surface area contributed by atoms with Crippen LogP contribution in [0.5, 0.6) is 5.75 Å². The molecule has 31 heavy (non-hydrogen) atoms. The molecule has 2 fully saturated rings. The van der Waals surface area contributed by atoms with Crippen molar-refractivity contribution >= 4 is 11.8 Å². The summed E-state index contributed by atoms with van der Waals surface area (Å²) in [4.78, 5) is 34.2. The molecule has 1 aromatic heterocycles. The molecular weight excluding hydrogens is 400 g/mol. The minimum absolute atomic E-state index is 0.0585. The van der Waals surface area contributed by atoms with E-state index in [9.17, 15) is 9.59 Å². The van der Waals surface area contributed by atoms with Gasteiger partial charge in [-0.1, -0.05) is 29.4 Å². The molecule has 0 radical (unpaired) electrons. The van der Waals surface area contributed by atoms with Crippen LogP contribution in [0.2, 0.25) is 0 Å². The van der Waals surface area contributed by atoms with Gasteiger partial charge >= 0.3 is 0 Å². The molecule has 3 aliphatic rings. The number of hydrogen-bond donors (Lipinski definition) is 0. The maximum Gasteiger partial charge on any atom is 0.230 e. The smallest absolute Gasteiger partial charge is 0.230 e.